The molecule has 2 unspecified atom stereocenters. The van der Waals surface area contributed by atoms with E-state index in [1.54, 1.807) is 0 Å². The van der Waals surface area contributed by atoms with Gasteiger partial charge in [-0.05, 0) is 36.7 Å². The van der Waals surface area contributed by atoms with Crippen molar-refractivity contribution in [1.29, 1.82) is 0 Å². The number of aromatic nitrogens is 1. The van der Waals surface area contributed by atoms with Crippen LogP contribution in [0.5, 0.6) is 0 Å². The van der Waals surface area contributed by atoms with Crippen LogP contribution < -0.4 is 0 Å². The minimum absolute atomic E-state index is 0.0130. The molecule has 2 aromatic rings. The average molecular weight is 310 g/mol. The van der Waals surface area contributed by atoms with Crippen molar-refractivity contribution in [2.45, 2.75) is 38.0 Å². The van der Waals surface area contributed by atoms with Gasteiger partial charge in [0, 0.05) is 25.1 Å². The summed E-state index contributed by atoms with van der Waals surface area (Å²) in [5.41, 5.74) is 1.85. The molecule has 2 heterocycles. The number of amides is 1. The fraction of sp³-hybridized carbons (Fsp3) is 0.474. The summed E-state index contributed by atoms with van der Waals surface area (Å²) in [6.07, 6.45) is 3.31. The Morgan fingerprint density at radius 3 is 2.70 bits per heavy atom. The number of hydrogen-bond donors (Lipinski definition) is 0. The lowest BCUT2D eigenvalue weighted by atomic mass is 9.81. The predicted molar refractivity (Wildman–Crippen MR) is 87.3 cm³/mol. The fourth-order valence-corrected chi connectivity index (χ4v) is 3.64. The Labute approximate surface area is 136 Å². The van der Waals surface area contributed by atoms with Crippen LogP contribution in [0.2, 0.25) is 0 Å². The molecule has 120 valence electrons. The zero-order valence-electron chi connectivity index (χ0n) is 13.4. The zero-order valence-corrected chi connectivity index (χ0v) is 13.4. The fourth-order valence-electron chi connectivity index (χ4n) is 3.64. The van der Waals surface area contributed by atoms with Crippen molar-refractivity contribution < 1.29 is 9.32 Å². The maximum Gasteiger partial charge on any atom is 0.276 e. The lowest BCUT2D eigenvalue weighted by Crippen LogP contribution is -2.42. The van der Waals surface area contributed by atoms with Crippen LogP contribution in [0.4, 0.5) is 0 Å². The largest absolute Gasteiger partial charge is 0.360 e. The second-order valence-corrected chi connectivity index (χ2v) is 6.92. The van der Waals surface area contributed by atoms with Crippen molar-refractivity contribution in [3.8, 4) is 0 Å². The van der Waals surface area contributed by atoms with Gasteiger partial charge in [0.2, 0.25) is 0 Å². The molecule has 4 nitrogen and oxygen atoms in total. The van der Waals surface area contributed by atoms with Gasteiger partial charge >= 0.3 is 0 Å². The van der Waals surface area contributed by atoms with E-state index in [2.05, 4.69) is 42.4 Å². The molecule has 0 bridgehead atoms. The number of hydrogen-bond acceptors (Lipinski definition) is 3. The molecule has 1 aliphatic heterocycles. The number of likely N-dealkylation sites (tertiary alicyclic amines) is 1. The number of carbonyl (C=O) groups is 1. The van der Waals surface area contributed by atoms with Crippen LogP contribution >= 0.6 is 0 Å². The first kappa shape index (κ1) is 14.5. The first-order valence-corrected chi connectivity index (χ1v) is 8.53. The Hall–Kier alpha value is -2.10. The van der Waals surface area contributed by atoms with E-state index in [9.17, 15) is 4.79 Å². The molecule has 1 aliphatic carbocycles. The molecule has 1 amide bonds. The molecule has 0 spiro atoms. The van der Waals surface area contributed by atoms with E-state index in [4.69, 9.17) is 4.52 Å². The molecular weight excluding hydrogens is 288 g/mol. The van der Waals surface area contributed by atoms with Crippen LogP contribution in [0.3, 0.4) is 0 Å². The molecule has 0 N–H and O–H groups in total. The highest BCUT2D eigenvalue weighted by Crippen LogP contribution is 2.40. The highest BCUT2D eigenvalue weighted by Gasteiger charge is 2.33. The summed E-state index contributed by atoms with van der Waals surface area (Å²) in [5.74, 6) is 2.36. The van der Waals surface area contributed by atoms with Crippen LogP contribution in [0.15, 0.2) is 40.9 Å². The van der Waals surface area contributed by atoms with Gasteiger partial charge in [0.15, 0.2) is 5.69 Å². The van der Waals surface area contributed by atoms with Crippen LogP contribution in [0.25, 0.3) is 0 Å². The molecular formula is C19H22N2O2. The first-order valence-electron chi connectivity index (χ1n) is 8.53. The Balaban J connectivity index is 1.44. The minimum atomic E-state index is 0.0130. The number of carbonyl (C=O) groups excluding carboxylic acids is 1. The smallest absolute Gasteiger partial charge is 0.276 e. The van der Waals surface area contributed by atoms with Gasteiger partial charge in [0.05, 0.1) is 0 Å². The number of rotatable bonds is 3. The highest BCUT2D eigenvalue weighted by molar-refractivity contribution is 5.92. The summed E-state index contributed by atoms with van der Waals surface area (Å²) in [5, 5.41) is 3.99. The van der Waals surface area contributed by atoms with Crippen molar-refractivity contribution in [2.24, 2.45) is 5.92 Å². The Kier molecular flexibility index (Phi) is 3.68. The van der Waals surface area contributed by atoms with Crippen molar-refractivity contribution in [2.75, 3.05) is 13.1 Å². The van der Waals surface area contributed by atoms with E-state index in [1.807, 2.05) is 11.0 Å². The molecule has 4 rings (SSSR count). The van der Waals surface area contributed by atoms with Gasteiger partial charge in [-0.3, -0.25) is 4.79 Å². The van der Waals surface area contributed by atoms with E-state index in [1.165, 1.54) is 5.56 Å². The van der Waals surface area contributed by atoms with Gasteiger partial charge in [-0.2, -0.15) is 0 Å². The number of nitrogens with zero attached hydrogens (tertiary/aromatic N) is 2. The lowest BCUT2D eigenvalue weighted by Gasteiger charge is -2.36. The van der Waals surface area contributed by atoms with Crippen LogP contribution in [0, 0.1) is 5.92 Å². The van der Waals surface area contributed by atoms with Gasteiger partial charge in [0.1, 0.15) is 5.76 Å². The molecule has 1 saturated heterocycles. The van der Waals surface area contributed by atoms with Gasteiger partial charge < -0.3 is 9.42 Å². The van der Waals surface area contributed by atoms with E-state index in [0.29, 0.717) is 23.4 Å². The lowest BCUT2D eigenvalue weighted by molar-refractivity contribution is 0.0650. The van der Waals surface area contributed by atoms with Crippen LogP contribution in [-0.2, 0) is 0 Å². The maximum absolute atomic E-state index is 12.6. The van der Waals surface area contributed by atoms with Gasteiger partial charge in [0.25, 0.3) is 5.91 Å². The number of benzene rings is 1. The molecule has 1 aromatic carbocycles. The Bertz CT molecular complexity index is 690. The van der Waals surface area contributed by atoms with Gasteiger partial charge in [-0.25, -0.2) is 0 Å². The summed E-state index contributed by atoms with van der Waals surface area (Å²) in [7, 11) is 0. The molecule has 2 fully saturated rings. The second kappa shape index (κ2) is 5.84. The zero-order chi connectivity index (χ0) is 15.8. The SMILES string of the molecule is CC1CN(C(=O)c2cc(C3CC3)on2)CCC1c1ccccc1. The van der Waals surface area contributed by atoms with Gasteiger partial charge in [-0.1, -0.05) is 42.4 Å². The van der Waals surface area contributed by atoms with E-state index in [0.717, 1.165) is 38.1 Å². The molecule has 0 radical (unpaired) electrons. The maximum atomic E-state index is 12.6. The van der Waals surface area contributed by atoms with Crippen LogP contribution in [0.1, 0.15) is 59.8 Å². The summed E-state index contributed by atoms with van der Waals surface area (Å²) in [4.78, 5) is 14.6. The molecule has 23 heavy (non-hydrogen) atoms. The third-order valence-electron chi connectivity index (χ3n) is 5.15. The predicted octanol–water partition coefficient (Wildman–Crippen LogP) is 3.82. The van der Waals surface area contributed by atoms with Crippen molar-refractivity contribution in [1.82, 2.24) is 10.1 Å². The normalized spacial score (nSPS) is 24.7. The third-order valence-corrected chi connectivity index (χ3v) is 5.15. The van der Waals surface area contributed by atoms with E-state index < -0.39 is 0 Å². The third kappa shape index (κ3) is 2.90. The molecule has 2 atom stereocenters. The molecule has 1 saturated carbocycles. The average Bonchev–Trinajstić information content (AvgIpc) is 3.32. The first-order chi connectivity index (χ1) is 11.2. The monoisotopic (exact) mass is 310 g/mol. The van der Waals surface area contributed by atoms with Crippen LogP contribution in [-0.4, -0.2) is 29.1 Å². The Morgan fingerprint density at radius 2 is 2.00 bits per heavy atom. The Morgan fingerprint density at radius 1 is 1.22 bits per heavy atom. The van der Waals surface area contributed by atoms with Crippen molar-refractivity contribution >= 4 is 5.91 Å². The minimum Gasteiger partial charge on any atom is -0.360 e. The summed E-state index contributed by atoms with van der Waals surface area (Å²) in [6, 6.07) is 12.5. The second-order valence-electron chi connectivity index (χ2n) is 6.92. The quantitative estimate of drug-likeness (QED) is 0.866. The molecule has 4 heteroatoms. The summed E-state index contributed by atoms with van der Waals surface area (Å²) < 4.78 is 5.32. The van der Waals surface area contributed by atoms with Crippen molar-refractivity contribution in [3.05, 3.63) is 53.4 Å². The topological polar surface area (TPSA) is 46.3 Å². The van der Waals surface area contributed by atoms with E-state index in [-0.39, 0.29) is 5.91 Å². The molecule has 1 aromatic heterocycles. The summed E-state index contributed by atoms with van der Waals surface area (Å²) in [6.45, 7) is 3.80. The van der Waals surface area contributed by atoms with Gasteiger partial charge in [-0.15, -0.1) is 0 Å². The summed E-state index contributed by atoms with van der Waals surface area (Å²) >= 11 is 0. The highest BCUT2D eigenvalue weighted by atomic mass is 16.5. The van der Waals surface area contributed by atoms with Crippen molar-refractivity contribution in [3.63, 3.8) is 0 Å². The molecule has 2 aliphatic rings. The standard InChI is InChI=1S/C19H22N2O2/c1-13-12-21(10-9-16(13)14-5-3-2-4-6-14)19(22)17-11-18(23-20-17)15-7-8-15/h2-6,11,13,15-16H,7-10,12H2,1H3. The van der Waals surface area contributed by atoms with E-state index >= 15 is 0 Å². The number of piperidine rings is 1.